The Morgan fingerprint density at radius 3 is 2.85 bits per heavy atom. The highest BCUT2D eigenvalue weighted by Crippen LogP contribution is 2.53. The number of allylic oxidation sites excluding steroid dienone is 1. The van der Waals surface area contributed by atoms with Gasteiger partial charge in [0.1, 0.15) is 6.10 Å². The fourth-order valence-electron chi connectivity index (χ4n) is 5.45. The molecule has 3 heteroatoms. The lowest BCUT2D eigenvalue weighted by Crippen LogP contribution is -2.40. The molecule has 0 unspecified atom stereocenters. The van der Waals surface area contributed by atoms with Crippen molar-refractivity contribution >= 4 is 5.97 Å². The molecule has 0 radical (unpaired) electrons. The molecule has 6 atom stereocenters. The van der Waals surface area contributed by atoms with Gasteiger partial charge in [-0.05, 0) is 43.1 Å². The van der Waals surface area contributed by atoms with E-state index in [9.17, 15) is 4.79 Å². The zero-order valence-corrected chi connectivity index (χ0v) is 16.2. The smallest absolute Gasteiger partial charge is 0.311 e. The van der Waals surface area contributed by atoms with E-state index >= 15 is 0 Å². The number of carbonyl (C=O) groups is 1. The van der Waals surface area contributed by atoms with E-state index in [0.29, 0.717) is 12.5 Å². The van der Waals surface area contributed by atoms with Gasteiger partial charge in [0.15, 0.2) is 0 Å². The fourth-order valence-corrected chi connectivity index (χ4v) is 5.45. The number of ether oxygens (including phenoxy) is 1. The van der Waals surface area contributed by atoms with Crippen molar-refractivity contribution in [1.82, 2.24) is 5.32 Å². The molecule has 0 spiro atoms. The molecule has 2 fully saturated rings. The molecule has 1 saturated carbocycles. The Hall–Kier alpha value is -1.61. The van der Waals surface area contributed by atoms with Crippen LogP contribution in [0.1, 0.15) is 58.1 Å². The molecule has 1 N–H and O–H groups in total. The van der Waals surface area contributed by atoms with Crippen LogP contribution in [0, 0.1) is 23.2 Å². The van der Waals surface area contributed by atoms with E-state index in [0.717, 1.165) is 6.42 Å². The number of hydrogen-bond donors (Lipinski definition) is 1. The van der Waals surface area contributed by atoms with Crippen molar-refractivity contribution < 1.29 is 9.53 Å². The van der Waals surface area contributed by atoms with Gasteiger partial charge in [0.2, 0.25) is 0 Å². The van der Waals surface area contributed by atoms with Crippen LogP contribution >= 0.6 is 0 Å². The van der Waals surface area contributed by atoms with Crippen LogP contribution in [0.4, 0.5) is 0 Å². The summed E-state index contributed by atoms with van der Waals surface area (Å²) in [6, 6.07) is 10.6. The molecule has 2 aliphatic carbocycles. The molecule has 4 rings (SSSR count). The lowest BCUT2D eigenvalue weighted by Gasteiger charge is -2.46. The number of hydrogen-bond acceptors (Lipinski definition) is 3. The van der Waals surface area contributed by atoms with Crippen LogP contribution < -0.4 is 5.32 Å². The van der Waals surface area contributed by atoms with Crippen LogP contribution in [0.2, 0.25) is 0 Å². The van der Waals surface area contributed by atoms with Crippen molar-refractivity contribution in [3.8, 4) is 0 Å². The minimum Gasteiger partial charge on any atom is -0.461 e. The molecule has 1 heterocycles. The van der Waals surface area contributed by atoms with E-state index in [1.807, 2.05) is 6.07 Å². The number of esters is 1. The van der Waals surface area contributed by atoms with Crippen LogP contribution in [0.25, 0.3) is 0 Å². The Bertz CT molecular complexity index is 697. The van der Waals surface area contributed by atoms with Crippen molar-refractivity contribution in [3.63, 3.8) is 0 Å². The van der Waals surface area contributed by atoms with Gasteiger partial charge in [-0.1, -0.05) is 62.2 Å². The Morgan fingerprint density at radius 2 is 2.08 bits per heavy atom. The Kier molecular flexibility index (Phi) is 4.68. The molecule has 3 nitrogen and oxygen atoms in total. The van der Waals surface area contributed by atoms with Gasteiger partial charge < -0.3 is 10.1 Å². The van der Waals surface area contributed by atoms with Gasteiger partial charge in [-0.15, -0.1) is 0 Å². The minimum atomic E-state index is -0.0580. The highest BCUT2D eigenvalue weighted by atomic mass is 16.6. The zero-order chi connectivity index (χ0) is 18.3. The third-order valence-electron chi connectivity index (χ3n) is 7.02. The van der Waals surface area contributed by atoms with Crippen molar-refractivity contribution in [3.05, 3.63) is 47.5 Å². The third kappa shape index (κ3) is 3.11. The van der Waals surface area contributed by atoms with Crippen molar-refractivity contribution in [2.75, 3.05) is 6.54 Å². The molecule has 1 saturated heterocycles. The molecule has 1 aromatic rings. The summed E-state index contributed by atoms with van der Waals surface area (Å²) < 4.78 is 5.84. The Morgan fingerprint density at radius 1 is 1.31 bits per heavy atom. The van der Waals surface area contributed by atoms with Crippen molar-refractivity contribution in [2.24, 2.45) is 23.2 Å². The van der Waals surface area contributed by atoms with Crippen LogP contribution in [0.15, 0.2) is 42.0 Å². The summed E-state index contributed by atoms with van der Waals surface area (Å²) in [5, 5.41) is 3.57. The highest BCUT2D eigenvalue weighted by molar-refractivity contribution is 5.76. The third-order valence-corrected chi connectivity index (χ3v) is 7.02. The molecule has 140 valence electrons. The molecule has 0 bridgehead atoms. The quantitative estimate of drug-likeness (QED) is 0.632. The number of carbonyl (C=O) groups excluding carboxylic acids is 1. The Labute approximate surface area is 157 Å². The highest BCUT2D eigenvalue weighted by Gasteiger charge is 2.51. The van der Waals surface area contributed by atoms with Gasteiger partial charge in [0.05, 0.1) is 5.92 Å². The maximum absolute atomic E-state index is 12.6. The summed E-state index contributed by atoms with van der Waals surface area (Å²) in [6.45, 7) is 7.57. The summed E-state index contributed by atoms with van der Waals surface area (Å²) >= 11 is 0. The second-order valence-corrected chi connectivity index (χ2v) is 8.88. The van der Waals surface area contributed by atoms with Crippen LogP contribution in [-0.2, 0) is 9.53 Å². The zero-order valence-electron chi connectivity index (χ0n) is 16.2. The molecule has 1 aromatic carbocycles. The van der Waals surface area contributed by atoms with E-state index in [4.69, 9.17) is 4.74 Å². The average Bonchev–Trinajstić information content (AvgIpc) is 2.92. The summed E-state index contributed by atoms with van der Waals surface area (Å²) in [7, 11) is 0. The van der Waals surface area contributed by atoms with Gasteiger partial charge in [0, 0.05) is 18.5 Å². The first-order chi connectivity index (χ1) is 12.5. The minimum absolute atomic E-state index is 0.0143. The van der Waals surface area contributed by atoms with Crippen molar-refractivity contribution in [2.45, 2.75) is 58.6 Å². The van der Waals surface area contributed by atoms with Gasteiger partial charge in [-0.25, -0.2) is 0 Å². The first kappa shape index (κ1) is 17.8. The molecular weight excluding hydrogens is 322 g/mol. The van der Waals surface area contributed by atoms with Crippen LogP contribution in [0.3, 0.4) is 0 Å². The SMILES string of the molecule is C[C@@H]1CCC[C@]2(C)C[C@H]3OC(=O)[C@@H](CN[C@@H](C)c4ccccc4)[C@H]3C=C12. The lowest BCUT2D eigenvalue weighted by atomic mass is 9.59. The molecular formula is C23H31NO2. The number of nitrogens with one attached hydrogen (secondary N) is 1. The predicted molar refractivity (Wildman–Crippen MR) is 104 cm³/mol. The molecule has 3 aliphatic rings. The maximum Gasteiger partial charge on any atom is 0.311 e. The monoisotopic (exact) mass is 353 g/mol. The lowest BCUT2D eigenvalue weighted by molar-refractivity contribution is -0.145. The second-order valence-electron chi connectivity index (χ2n) is 8.88. The summed E-state index contributed by atoms with van der Waals surface area (Å²) in [5.74, 6) is 0.806. The van der Waals surface area contributed by atoms with Gasteiger partial charge in [0.25, 0.3) is 0 Å². The van der Waals surface area contributed by atoms with Gasteiger partial charge in [-0.3, -0.25) is 4.79 Å². The van der Waals surface area contributed by atoms with E-state index in [2.05, 4.69) is 56.4 Å². The van der Waals surface area contributed by atoms with E-state index < -0.39 is 0 Å². The largest absolute Gasteiger partial charge is 0.461 e. The van der Waals surface area contributed by atoms with Gasteiger partial charge in [-0.2, -0.15) is 0 Å². The van der Waals surface area contributed by atoms with E-state index in [-0.39, 0.29) is 35.4 Å². The van der Waals surface area contributed by atoms with E-state index in [1.54, 1.807) is 5.57 Å². The fraction of sp³-hybridized carbons (Fsp3) is 0.609. The molecule has 26 heavy (non-hydrogen) atoms. The Balaban J connectivity index is 1.50. The van der Waals surface area contributed by atoms with Crippen molar-refractivity contribution in [1.29, 1.82) is 0 Å². The first-order valence-corrected chi connectivity index (χ1v) is 10.2. The van der Waals surface area contributed by atoms with Crippen LogP contribution in [0.5, 0.6) is 0 Å². The van der Waals surface area contributed by atoms with Crippen LogP contribution in [-0.4, -0.2) is 18.6 Å². The summed E-state index contributed by atoms with van der Waals surface area (Å²) in [5.41, 5.74) is 3.08. The van der Waals surface area contributed by atoms with E-state index in [1.165, 1.54) is 24.8 Å². The van der Waals surface area contributed by atoms with Gasteiger partial charge >= 0.3 is 5.97 Å². The molecule has 0 aromatic heterocycles. The normalized spacial score (nSPS) is 37.3. The first-order valence-electron chi connectivity index (χ1n) is 10.2. The summed E-state index contributed by atoms with van der Waals surface area (Å²) in [6.07, 6.45) is 7.31. The average molecular weight is 354 g/mol. The summed E-state index contributed by atoms with van der Waals surface area (Å²) in [4.78, 5) is 12.6. The standard InChI is InChI=1S/C23H31NO2/c1-15-8-7-11-23(3)13-21-18(12-20(15)23)19(22(25)26-21)14-24-16(2)17-9-5-4-6-10-17/h4-6,9-10,12,15-16,18-19,21,24H,7-8,11,13-14H2,1-3H3/t15-,16+,18-,19+,21-,23-/m1/s1. The maximum atomic E-state index is 12.6. The predicted octanol–water partition coefficient (Wildman–Crippen LogP) is 4.65. The number of rotatable bonds is 4. The number of fused-ring (bicyclic) bond motifs is 2. The molecule has 1 aliphatic heterocycles. The number of benzene rings is 1. The molecule has 0 amide bonds. The topological polar surface area (TPSA) is 38.3 Å². The second kappa shape index (κ2) is 6.84.